The Hall–Kier alpha value is -3.41. The van der Waals surface area contributed by atoms with E-state index < -0.39 is 5.91 Å². The molecule has 2 aliphatic rings. The molecule has 2 aromatic rings. The molecule has 1 atom stereocenters. The van der Waals surface area contributed by atoms with Crippen molar-refractivity contribution in [3.63, 3.8) is 0 Å². The van der Waals surface area contributed by atoms with E-state index in [-0.39, 0.29) is 22.8 Å². The summed E-state index contributed by atoms with van der Waals surface area (Å²) in [6.45, 7) is 2.96. The molecule has 4 rings (SSSR count). The normalized spacial score (nSPS) is 21.6. The number of primary amides is 1. The minimum Gasteiger partial charge on any atom is -0.364 e. The van der Waals surface area contributed by atoms with E-state index in [1.54, 1.807) is 6.20 Å². The topological polar surface area (TPSA) is 132 Å². The van der Waals surface area contributed by atoms with Crippen molar-refractivity contribution in [1.82, 2.24) is 19.9 Å². The van der Waals surface area contributed by atoms with Crippen LogP contribution in [0.25, 0.3) is 0 Å². The SMILES string of the molecule is N#Cc1nccc(N2CCC3(CCN(C(=O)c4c[nH]c(C(N)=O)c4)C3)C2)n1. The second-order valence-electron chi connectivity index (χ2n) is 7.16. The summed E-state index contributed by atoms with van der Waals surface area (Å²) in [5.74, 6) is 0.233. The van der Waals surface area contributed by atoms with Gasteiger partial charge in [-0.15, -0.1) is 0 Å². The number of likely N-dealkylation sites (tertiary alicyclic amines) is 1. The summed E-state index contributed by atoms with van der Waals surface area (Å²) in [5, 5.41) is 8.98. The fourth-order valence-electron chi connectivity index (χ4n) is 3.99. The standard InChI is InChI=1S/C18H19N7O2/c19-8-14-21-4-1-15(23-14)24-5-2-18(10-24)3-6-25(11-18)17(27)12-7-13(16(20)26)22-9-12/h1,4,7,9,22H,2-3,5-6,10-11H2,(H2,20,26). The van der Waals surface area contributed by atoms with Gasteiger partial charge in [0.05, 0.1) is 5.56 Å². The molecule has 2 fully saturated rings. The Morgan fingerprint density at radius 3 is 2.85 bits per heavy atom. The minimum atomic E-state index is -0.583. The van der Waals surface area contributed by atoms with Crippen LogP contribution in [0.15, 0.2) is 24.5 Å². The smallest absolute Gasteiger partial charge is 0.265 e. The Morgan fingerprint density at radius 2 is 2.11 bits per heavy atom. The molecule has 138 valence electrons. The summed E-state index contributed by atoms with van der Waals surface area (Å²) in [6.07, 6.45) is 5.00. The molecule has 27 heavy (non-hydrogen) atoms. The van der Waals surface area contributed by atoms with Gasteiger partial charge in [0.25, 0.3) is 11.8 Å². The largest absolute Gasteiger partial charge is 0.364 e. The highest BCUT2D eigenvalue weighted by atomic mass is 16.2. The van der Waals surface area contributed by atoms with E-state index in [1.165, 1.54) is 12.3 Å². The van der Waals surface area contributed by atoms with Crippen LogP contribution in [0, 0.1) is 16.7 Å². The van der Waals surface area contributed by atoms with Gasteiger partial charge in [0.1, 0.15) is 17.6 Å². The molecule has 4 heterocycles. The first-order chi connectivity index (χ1) is 13.0. The number of carbonyl (C=O) groups excluding carboxylic acids is 2. The van der Waals surface area contributed by atoms with Gasteiger partial charge >= 0.3 is 0 Å². The average Bonchev–Trinajstić information content (AvgIpc) is 3.42. The van der Waals surface area contributed by atoms with Crippen LogP contribution in [-0.4, -0.2) is 57.8 Å². The first kappa shape index (κ1) is 17.0. The zero-order valence-electron chi connectivity index (χ0n) is 14.7. The fourth-order valence-corrected chi connectivity index (χ4v) is 3.99. The van der Waals surface area contributed by atoms with Crippen LogP contribution in [0.1, 0.15) is 39.5 Å². The third-order valence-corrected chi connectivity index (χ3v) is 5.42. The van der Waals surface area contributed by atoms with Gasteiger partial charge in [0.15, 0.2) is 0 Å². The van der Waals surface area contributed by atoms with Crippen molar-refractivity contribution in [2.45, 2.75) is 12.8 Å². The molecule has 1 spiro atoms. The number of hydrogen-bond donors (Lipinski definition) is 2. The predicted molar refractivity (Wildman–Crippen MR) is 95.8 cm³/mol. The molecule has 0 aliphatic carbocycles. The van der Waals surface area contributed by atoms with E-state index in [2.05, 4.69) is 19.9 Å². The van der Waals surface area contributed by atoms with Gasteiger partial charge in [0, 0.05) is 44.0 Å². The number of H-pyrrole nitrogens is 1. The maximum Gasteiger partial charge on any atom is 0.265 e. The number of aromatic amines is 1. The molecular weight excluding hydrogens is 346 g/mol. The van der Waals surface area contributed by atoms with Crippen molar-refractivity contribution < 1.29 is 9.59 Å². The number of nitrogens with two attached hydrogens (primary N) is 1. The molecule has 2 aromatic heterocycles. The number of hydrogen-bond acceptors (Lipinski definition) is 6. The van der Waals surface area contributed by atoms with Crippen LogP contribution in [0.2, 0.25) is 0 Å². The predicted octanol–water partition coefficient (Wildman–Crippen LogP) is 0.518. The summed E-state index contributed by atoms with van der Waals surface area (Å²) < 4.78 is 0. The van der Waals surface area contributed by atoms with Crippen molar-refractivity contribution in [2.75, 3.05) is 31.1 Å². The minimum absolute atomic E-state index is 0.0240. The number of rotatable bonds is 3. The monoisotopic (exact) mass is 365 g/mol. The highest BCUT2D eigenvalue weighted by Gasteiger charge is 2.45. The van der Waals surface area contributed by atoms with E-state index >= 15 is 0 Å². The summed E-state index contributed by atoms with van der Waals surface area (Å²) in [6, 6.07) is 5.27. The summed E-state index contributed by atoms with van der Waals surface area (Å²) in [4.78, 5) is 38.9. The number of amides is 2. The maximum atomic E-state index is 12.7. The molecule has 9 nitrogen and oxygen atoms in total. The van der Waals surface area contributed by atoms with Crippen molar-refractivity contribution in [3.8, 4) is 6.07 Å². The lowest BCUT2D eigenvalue weighted by molar-refractivity contribution is 0.0776. The Labute approximate surface area is 155 Å². The van der Waals surface area contributed by atoms with Crippen LogP contribution >= 0.6 is 0 Å². The highest BCUT2D eigenvalue weighted by Crippen LogP contribution is 2.41. The Morgan fingerprint density at radius 1 is 1.30 bits per heavy atom. The van der Waals surface area contributed by atoms with Crippen LogP contribution in [0.4, 0.5) is 5.82 Å². The Balaban J connectivity index is 1.45. The van der Waals surface area contributed by atoms with E-state index in [1.807, 2.05) is 17.0 Å². The third-order valence-electron chi connectivity index (χ3n) is 5.42. The third kappa shape index (κ3) is 3.10. The molecule has 0 saturated carbocycles. The van der Waals surface area contributed by atoms with Crippen molar-refractivity contribution >= 4 is 17.6 Å². The van der Waals surface area contributed by atoms with E-state index in [0.717, 1.165) is 31.7 Å². The molecule has 0 aromatic carbocycles. The summed E-state index contributed by atoms with van der Waals surface area (Å²) in [5.41, 5.74) is 5.94. The number of anilines is 1. The van der Waals surface area contributed by atoms with Gasteiger partial charge in [-0.1, -0.05) is 0 Å². The average molecular weight is 365 g/mol. The first-order valence-electron chi connectivity index (χ1n) is 8.75. The van der Waals surface area contributed by atoms with Crippen molar-refractivity contribution in [2.24, 2.45) is 11.1 Å². The number of nitriles is 1. The fraction of sp³-hybridized carbons (Fsp3) is 0.389. The first-order valence-corrected chi connectivity index (χ1v) is 8.75. The maximum absolute atomic E-state index is 12.7. The van der Waals surface area contributed by atoms with Gasteiger partial charge in [0.2, 0.25) is 5.82 Å². The molecule has 0 bridgehead atoms. The molecule has 0 radical (unpaired) electrons. The highest BCUT2D eigenvalue weighted by molar-refractivity contribution is 5.98. The molecule has 2 saturated heterocycles. The van der Waals surface area contributed by atoms with Crippen molar-refractivity contribution in [3.05, 3.63) is 41.6 Å². The lowest BCUT2D eigenvalue weighted by Crippen LogP contribution is -2.34. The number of aromatic nitrogens is 3. The molecule has 9 heteroatoms. The molecule has 2 amide bonds. The summed E-state index contributed by atoms with van der Waals surface area (Å²) in [7, 11) is 0. The lowest BCUT2D eigenvalue weighted by Gasteiger charge is -2.25. The van der Waals surface area contributed by atoms with Gasteiger partial charge in [-0.05, 0) is 25.0 Å². The molecule has 2 aliphatic heterocycles. The zero-order chi connectivity index (χ0) is 19.0. The number of nitrogens with one attached hydrogen (secondary N) is 1. The van der Waals surface area contributed by atoms with Crippen LogP contribution in [0.5, 0.6) is 0 Å². The van der Waals surface area contributed by atoms with Crippen molar-refractivity contribution in [1.29, 1.82) is 5.26 Å². The van der Waals surface area contributed by atoms with Crippen LogP contribution < -0.4 is 10.6 Å². The number of nitrogens with zero attached hydrogens (tertiary/aromatic N) is 5. The molecular formula is C18H19N7O2. The molecule has 1 unspecified atom stereocenters. The quantitative estimate of drug-likeness (QED) is 0.815. The van der Waals surface area contributed by atoms with Gasteiger partial charge in [-0.2, -0.15) is 5.26 Å². The lowest BCUT2D eigenvalue weighted by atomic mass is 9.86. The van der Waals surface area contributed by atoms with E-state index in [4.69, 9.17) is 11.0 Å². The van der Waals surface area contributed by atoms with E-state index in [0.29, 0.717) is 18.7 Å². The van der Waals surface area contributed by atoms with Gasteiger partial charge in [-0.25, -0.2) is 9.97 Å². The van der Waals surface area contributed by atoms with Gasteiger partial charge < -0.3 is 20.5 Å². The van der Waals surface area contributed by atoms with E-state index in [9.17, 15) is 9.59 Å². The Bertz CT molecular complexity index is 947. The van der Waals surface area contributed by atoms with Gasteiger partial charge in [-0.3, -0.25) is 9.59 Å². The summed E-state index contributed by atoms with van der Waals surface area (Å²) >= 11 is 0. The second-order valence-corrected chi connectivity index (χ2v) is 7.16. The van der Waals surface area contributed by atoms with Crippen LogP contribution in [0.3, 0.4) is 0 Å². The Kier molecular flexibility index (Phi) is 4.03. The second kappa shape index (κ2) is 6.39. The molecule has 3 N–H and O–H groups in total. The van der Waals surface area contributed by atoms with Crippen LogP contribution in [-0.2, 0) is 0 Å². The zero-order valence-corrected chi connectivity index (χ0v) is 14.7. The number of carbonyl (C=O) groups is 2.